The average Bonchev–Trinajstić information content (AvgIpc) is 2.52. The molecule has 0 aliphatic rings. The van der Waals surface area contributed by atoms with Crippen LogP contribution in [0.5, 0.6) is 11.5 Å². The predicted octanol–water partition coefficient (Wildman–Crippen LogP) is 6.17. The van der Waals surface area contributed by atoms with Gasteiger partial charge in [0.1, 0.15) is 17.3 Å². The quantitative estimate of drug-likeness (QED) is 0.531. The molecule has 0 amide bonds. The summed E-state index contributed by atoms with van der Waals surface area (Å²) >= 11 is 0. The highest BCUT2D eigenvalue weighted by Crippen LogP contribution is 2.23. The first-order chi connectivity index (χ1) is 10.0. The molecule has 21 heavy (non-hydrogen) atoms. The van der Waals surface area contributed by atoms with Crippen LogP contribution in [0.3, 0.4) is 0 Å². The number of aromatic hydroxyl groups is 1. The number of hydrogen-bond donors (Lipinski definition) is 1. The molecule has 0 unspecified atom stereocenters. The molecule has 118 valence electrons. The monoisotopic (exact) mass is 290 g/mol. The Morgan fingerprint density at radius 3 is 2.14 bits per heavy atom. The third-order valence-electron chi connectivity index (χ3n) is 2.35. The van der Waals surface area contributed by atoms with Crippen LogP contribution >= 0.6 is 0 Å². The van der Waals surface area contributed by atoms with E-state index >= 15 is 0 Å². The van der Waals surface area contributed by atoms with Crippen molar-refractivity contribution in [1.29, 1.82) is 0 Å². The molecule has 0 saturated heterocycles. The Balaban J connectivity index is 0. The molecular formula is C19H30O2. The van der Waals surface area contributed by atoms with E-state index in [4.69, 9.17) is 4.74 Å². The first-order valence-corrected chi connectivity index (χ1v) is 7.48. The van der Waals surface area contributed by atoms with Crippen LogP contribution in [0, 0.1) is 6.92 Å². The van der Waals surface area contributed by atoms with Gasteiger partial charge in [-0.05, 0) is 50.6 Å². The van der Waals surface area contributed by atoms with Crippen molar-refractivity contribution >= 4 is 0 Å². The lowest BCUT2D eigenvalue weighted by Crippen LogP contribution is -1.90. The number of phenolic OH excluding ortho intramolecular Hbond substituents is 1. The van der Waals surface area contributed by atoms with Gasteiger partial charge in [0.2, 0.25) is 0 Å². The predicted molar refractivity (Wildman–Crippen MR) is 93.9 cm³/mol. The third kappa shape index (κ3) is 9.55. The zero-order chi connectivity index (χ0) is 16.8. The number of benzene rings is 1. The van der Waals surface area contributed by atoms with Crippen molar-refractivity contribution in [3.05, 3.63) is 59.9 Å². The Labute approximate surface area is 130 Å². The highest BCUT2D eigenvalue weighted by atomic mass is 16.5. The minimum atomic E-state index is 0.279. The summed E-state index contributed by atoms with van der Waals surface area (Å²) in [5.74, 6) is 1.79. The van der Waals surface area contributed by atoms with Crippen molar-refractivity contribution in [3.63, 3.8) is 0 Å². The van der Waals surface area contributed by atoms with Gasteiger partial charge in [0, 0.05) is 0 Å². The van der Waals surface area contributed by atoms with Crippen LogP contribution in [-0.4, -0.2) is 5.11 Å². The fraction of sp³-hybridized carbons (Fsp3) is 0.368. The Morgan fingerprint density at radius 1 is 1.10 bits per heavy atom. The molecule has 0 radical (unpaired) electrons. The molecule has 0 saturated carbocycles. The SMILES string of the molecule is C=C/C(C)=C\C=C(/C)Oc1ccc(O)c(C)c1.CC.CC. The van der Waals surface area contributed by atoms with Gasteiger partial charge in [-0.3, -0.25) is 0 Å². The van der Waals surface area contributed by atoms with Crippen molar-refractivity contribution in [2.45, 2.75) is 48.5 Å². The molecule has 2 nitrogen and oxygen atoms in total. The second kappa shape index (κ2) is 13.0. The lowest BCUT2D eigenvalue weighted by atomic mass is 10.2. The number of hydrogen-bond acceptors (Lipinski definition) is 2. The van der Waals surface area contributed by atoms with Crippen LogP contribution in [0.2, 0.25) is 0 Å². The molecule has 0 aliphatic carbocycles. The maximum Gasteiger partial charge on any atom is 0.127 e. The summed E-state index contributed by atoms with van der Waals surface area (Å²) in [4.78, 5) is 0. The van der Waals surface area contributed by atoms with E-state index in [1.54, 1.807) is 24.3 Å². The van der Waals surface area contributed by atoms with Crippen LogP contribution in [0.1, 0.15) is 47.1 Å². The molecule has 2 heteroatoms. The van der Waals surface area contributed by atoms with Crippen molar-refractivity contribution < 1.29 is 9.84 Å². The zero-order valence-electron chi connectivity index (χ0n) is 14.5. The van der Waals surface area contributed by atoms with Gasteiger partial charge in [0.05, 0.1) is 0 Å². The zero-order valence-corrected chi connectivity index (χ0v) is 14.5. The fourth-order valence-corrected chi connectivity index (χ4v) is 1.23. The Morgan fingerprint density at radius 2 is 1.67 bits per heavy atom. The molecule has 0 bridgehead atoms. The van der Waals surface area contributed by atoms with Gasteiger partial charge >= 0.3 is 0 Å². The van der Waals surface area contributed by atoms with Gasteiger partial charge in [0.15, 0.2) is 0 Å². The molecule has 0 atom stereocenters. The second-order valence-corrected chi connectivity index (χ2v) is 3.94. The van der Waals surface area contributed by atoms with Crippen molar-refractivity contribution in [3.8, 4) is 11.5 Å². The molecule has 0 spiro atoms. The number of allylic oxidation sites excluding steroid dienone is 5. The molecular weight excluding hydrogens is 260 g/mol. The number of aryl methyl sites for hydroxylation is 1. The van der Waals surface area contributed by atoms with Crippen LogP contribution in [0.25, 0.3) is 0 Å². The largest absolute Gasteiger partial charge is 0.508 e. The van der Waals surface area contributed by atoms with E-state index in [0.717, 1.165) is 22.6 Å². The lowest BCUT2D eigenvalue weighted by molar-refractivity contribution is 0.423. The summed E-state index contributed by atoms with van der Waals surface area (Å²) in [7, 11) is 0. The summed E-state index contributed by atoms with van der Waals surface area (Å²) in [6.07, 6.45) is 5.61. The Kier molecular flexibility index (Phi) is 13.3. The molecule has 1 aromatic carbocycles. The van der Waals surface area contributed by atoms with Gasteiger partial charge in [0.25, 0.3) is 0 Å². The van der Waals surface area contributed by atoms with Gasteiger partial charge in [-0.15, -0.1) is 0 Å². The molecule has 0 heterocycles. The third-order valence-corrected chi connectivity index (χ3v) is 2.35. The highest BCUT2D eigenvalue weighted by molar-refractivity contribution is 5.39. The number of rotatable bonds is 4. The van der Waals surface area contributed by atoms with E-state index in [2.05, 4.69) is 6.58 Å². The second-order valence-electron chi connectivity index (χ2n) is 3.94. The summed E-state index contributed by atoms with van der Waals surface area (Å²) in [6, 6.07) is 5.17. The van der Waals surface area contributed by atoms with Crippen molar-refractivity contribution in [2.75, 3.05) is 0 Å². The van der Waals surface area contributed by atoms with Crippen LogP contribution in [-0.2, 0) is 0 Å². The molecule has 1 rings (SSSR count). The van der Waals surface area contributed by atoms with E-state index in [1.807, 2.05) is 60.6 Å². The van der Waals surface area contributed by atoms with Gasteiger partial charge in [-0.1, -0.05) is 52.0 Å². The minimum absolute atomic E-state index is 0.279. The van der Waals surface area contributed by atoms with Crippen LogP contribution in [0.4, 0.5) is 0 Å². The van der Waals surface area contributed by atoms with E-state index in [-0.39, 0.29) is 5.75 Å². The molecule has 0 aromatic heterocycles. The van der Waals surface area contributed by atoms with Crippen LogP contribution in [0.15, 0.2) is 54.3 Å². The molecule has 1 N–H and O–H groups in total. The molecule has 1 aromatic rings. The lowest BCUT2D eigenvalue weighted by Gasteiger charge is -2.07. The van der Waals surface area contributed by atoms with E-state index in [1.165, 1.54) is 0 Å². The summed E-state index contributed by atoms with van der Waals surface area (Å²) < 4.78 is 5.62. The summed E-state index contributed by atoms with van der Waals surface area (Å²) in [6.45, 7) is 17.4. The first-order valence-electron chi connectivity index (χ1n) is 7.48. The fourth-order valence-electron chi connectivity index (χ4n) is 1.23. The van der Waals surface area contributed by atoms with E-state index < -0.39 is 0 Å². The van der Waals surface area contributed by atoms with Crippen LogP contribution < -0.4 is 4.74 Å². The first kappa shape index (κ1) is 21.3. The normalized spacial score (nSPS) is 10.6. The molecule has 0 aliphatic heterocycles. The summed E-state index contributed by atoms with van der Waals surface area (Å²) in [5, 5.41) is 9.40. The van der Waals surface area contributed by atoms with E-state index in [9.17, 15) is 5.11 Å². The van der Waals surface area contributed by atoms with Gasteiger partial charge < -0.3 is 9.84 Å². The standard InChI is InChI=1S/C15H18O2.2C2H6/c1-5-11(2)6-7-13(4)17-14-8-9-15(16)12(3)10-14;2*1-2/h5-10,16H,1H2,2-4H3;2*1-2H3/b11-6-,13-7+;;. The minimum Gasteiger partial charge on any atom is -0.508 e. The van der Waals surface area contributed by atoms with E-state index in [0.29, 0.717) is 0 Å². The number of ether oxygens (including phenoxy) is 1. The smallest absolute Gasteiger partial charge is 0.127 e. The maximum absolute atomic E-state index is 9.40. The molecule has 0 fully saturated rings. The van der Waals surface area contributed by atoms with Crippen molar-refractivity contribution in [2.24, 2.45) is 0 Å². The average molecular weight is 290 g/mol. The van der Waals surface area contributed by atoms with Gasteiger partial charge in [-0.2, -0.15) is 0 Å². The van der Waals surface area contributed by atoms with Gasteiger partial charge in [-0.25, -0.2) is 0 Å². The maximum atomic E-state index is 9.40. The Hall–Kier alpha value is -1.96. The number of phenols is 1. The Bertz CT molecular complexity index is 468. The highest BCUT2D eigenvalue weighted by Gasteiger charge is 1.99. The summed E-state index contributed by atoms with van der Waals surface area (Å²) in [5.41, 5.74) is 1.88. The topological polar surface area (TPSA) is 29.5 Å². The van der Waals surface area contributed by atoms with Crippen molar-refractivity contribution in [1.82, 2.24) is 0 Å².